The average Bonchev–Trinajstić information content (AvgIpc) is 2.97. The molecule has 0 aromatic carbocycles. The maximum atomic E-state index is 11.1. The highest BCUT2D eigenvalue weighted by Crippen LogP contribution is 2.24. The third-order valence-corrected chi connectivity index (χ3v) is 4.58. The van der Waals surface area contributed by atoms with Gasteiger partial charge in [-0.25, -0.2) is 4.98 Å². The number of likely N-dealkylation sites (tertiary alicyclic amines) is 1. The van der Waals surface area contributed by atoms with Crippen LogP contribution >= 0.6 is 11.3 Å². The number of pyridine rings is 1. The molecular weight excluding hydrogens is 286 g/mol. The molecule has 0 spiro atoms. The van der Waals surface area contributed by atoms with Crippen molar-refractivity contribution >= 4 is 17.3 Å². The summed E-state index contributed by atoms with van der Waals surface area (Å²) in [6, 6.07) is 3.89. The van der Waals surface area contributed by atoms with Crippen molar-refractivity contribution < 1.29 is 9.90 Å². The van der Waals surface area contributed by atoms with Gasteiger partial charge in [-0.2, -0.15) is 0 Å². The molecule has 2 aromatic rings. The fourth-order valence-corrected chi connectivity index (χ4v) is 3.48. The normalized spacial score (nSPS) is 19.5. The van der Waals surface area contributed by atoms with Gasteiger partial charge in [-0.1, -0.05) is 0 Å². The number of carbonyl (C=O) groups is 1. The monoisotopic (exact) mass is 303 g/mol. The van der Waals surface area contributed by atoms with Gasteiger partial charge >= 0.3 is 5.97 Å². The summed E-state index contributed by atoms with van der Waals surface area (Å²) in [5.74, 6) is -0.922. The average molecular weight is 303 g/mol. The highest BCUT2D eigenvalue weighted by Gasteiger charge is 2.25. The quantitative estimate of drug-likeness (QED) is 0.940. The first-order valence-electron chi connectivity index (χ1n) is 7.02. The van der Waals surface area contributed by atoms with E-state index in [2.05, 4.69) is 14.9 Å². The molecule has 1 saturated heterocycles. The van der Waals surface area contributed by atoms with Crippen molar-refractivity contribution in [3.05, 3.63) is 34.9 Å². The maximum absolute atomic E-state index is 11.1. The summed E-state index contributed by atoms with van der Waals surface area (Å²) < 4.78 is 0. The van der Waals surface area contributed by atoms with E-state index in [1.54, 1.807) is 23.7 Å². The van der Waals surface area contributed by atoms with Crippen molar-refractivity contribution in [1.82, 2.24) is 14.9 Å². The van der Waals surface area contributed by atoms with Crippen molar-refractivity contribution in [2.45, 2.75) is 19.4 Å². The molecule has 3 rings (SSSR count). The van der Waals surface area contributed by atoms with Crippen molar-refractivity contribution in [3.63, 3.8) is 0 Å². The molecule has 1 N–H and O–H groups in total. The summed E-state index contributed by atoms with van der Waals surface area (Å²) in [4.78, 5) is 21.9. The van der Waals surface area contributed by atoms with E-state index in [0.717, 1.165) is 42.2 Å². The van der Waals surface area contributed by atoms with Crippen molar-refractivity contribution in [2.75, 3.05) is 13.1 Å². The van der Waals surface area contributed by atoms with Crippen LogP contribution in [0, 0.1) is 5.92 Å². The molecule has 0 radical (unpaired) electrons. The van der Waals surface area contributed by atoms with Crippen LogP contribution in [0.3, 0.4) is 0 Å². The third-order valence-electron chi connectivity index (χ3n) is 3.74. The number of thiazole rings is 1. The minimum absolute atomic E-state index is 0.238. The first-order valence-corrected chi connectivity index (χ1v) is 7.90. The van der Waals surface area contributed by atoms with E-state index >= 15 is 0 Å². The Hall–Kier alpha value is -1.79. The molecule has 6 heteroatoms. The minimum atomic E-state index is -0.684. The molecule has 110 valence electrons. The zero-order chi connectivity index (χ0) is 14.7. The summed E-state index contributed by atoms with van der Waals surface area (Å²) in [7, 11) is 0. The predicted octanol–water partition coefficient (Wildman–Crippen LogP) is 2.50. The molecule has 1 fully saturated rings. The molecule has 1 atom stereocenters. The van der Waals surface area contributed by atoms with Crippen molar-refractivity contribution in [1.29, 1.82) is 0 Å². The smallest absolute Gasteiger partial charge is 0.307 e. The third kappa shape index (κ3) is 3.46. The number of hydrogen-bond donors (Lipinski definition) is 1. The number of carboxylic acids is 1. The highest BCUT2D eigenvalue weighted by molar-refractivity contribution is 7.09. The van der Waals surface area contributed by atoms with Gasteiger partial charge in [0, 0.05) is 29.9 Å². The summed E-state index contributed by atoms with van der Waals surface area (Å²) in [6.45, 7) is 2.31. The van der Waals surface area contributed by atoms with Crippen LogP contribution in [0.1, 0.15) is 17.8 Å². The number of rotatable bonds is 4. The lowest BCUT2D eigenvalue weighted by Gasteiger charge is -2.29. The molecule has 1 aliphatic heterocycles. The fourth-order valence-electron chi connectivity index (χ4n) is 2.63. The number of aromatic nitrogens is 2. The van der Waals surface area contributed by atoms with E-state index in [0.29, 0.717) is 6.54 Å². The Morgan fingerprint density at radius 1 is 1.43 bits per heavy atom. The molecule has 21 heavy (non-hydrogen) atoms. The van der Waals surface area contributed by atoms with Gasteiger partial charge in [0.25, 0.3) is 0 Å². The molecule has 0 amide bonds. The Balaban J connectivity index is 1.66. The van der Waals surface area contributed by atoms with Crippen LogP contribution in [0.25, 0.3) is 11.3 Å². The van der Waals surface area contributed by atoms with Crippen LogP contribution in [0.4, 0.5) is 0 Å². The molecule has 1 aliphatic rings. The van der Waals surface area contributed by atoms with Crippen molar-refractivity contribution in [2.24, 2.45) is 5.92 Å². The lowest BCUT2D eigenvalue weighted by atomic mass is 9.98. The number of piperidine rings is 1. The van der Waals surface area contributed by atoms with Crippen LogP contribution in [0.15, 0.2) is 29.9 Å². The Bertz CT molecular complexity index is 614. The topological polar surface area (TPSA) is 66.3 Å². The van der Waals surface area contributed by atoms with Crippen LogP contribution in [0.5, 0.6) is 0 Å². The zero-order valence-electron chi connectivity index (χ0n) is 11.6. The summed E-state index contributed by atoms with van der Waals surface area (Å²) >= 11 is 1.63. The summed E-state index contributed by atoms with van der Waals surface area (Å²) in [5, 5.41) is 12.2. The molecule has 2 aromatic heterocycles. The zero-order valence-corrected chi connectivity index (χ0v) is 12.4. The molecule has 5 nitrogen and oxygen atoms in total. The Morgan fingerprint density at radius 2 is 2.24 bits per heavy atom. The fraction of sp³-hybridized carbons (Fsp3) is 0.400. The number of nitrogens with zero attached hydrogens (tertiary/aromatic N) is 3. The first-order chi connectivity index (χ1) is 10.2. The predicted molar refractivity (Wildman–Crippen MR) is 81.0 cm³/mol. The van der Waals surface area contributed by atoms with Gasteiger partial charge in [-0.15, -0.1) is 11.3 Å². The van der Waals surface area contributed by atoms with E-state index in [1.807, 2.05) is 17.5 Å². The second-order valence-electron chi connectivity index (χ2n) is 5.27. The summed E-state index contributed by atoms with van der Waals surface area (Å²) in [6.07, 6.45) is 5.25. The van der Waals surface area contributed by atoms with Crippen LogP contribution in [-0.4, -0.2) is 39.0 Å². The highest BCUT2D eigenvalue weighted by atomic mass is 32.1. The molecule has 3 heterocycles. The second-order valence-corrected chi connectivity index (χ2v) is 6.22. The SMILES string of the molecule is O=C(O)C1CCCN(Cc2nc(-c3ccncc3)cs2)C1. The number of carboxylic acid groups (broad SMARTS) is 1. The van der Waals surface area contributed by atoms with Crippen LogP contribution in [-0.2, 0) is 11.3 Å². The van der Waals surface area contributed by atoms with Gasteiger partial charge in [0.2, 0.25) is 0 Å². The van der Waals surface area contributed by atoms with Gasteiger partial charge in [-0.3, -0.25) is 14.7 Å². The number of aliphatic carboxylic acids is 1. The van der Waals surface area contributed by atoms with E-state index in [1.165, 1.54) is 0 Å². The summed E-state index contributed by atoms with van der Waals surface area (Å²) in [5.41, 5.74) is 2.03. The lowest BCUT2D eigenvalue weighted by Crippen LogP contribution is -2.38. The Labute approximate surface area is 127 Å². The van der Waals surface area contributed by atoms with Gasteiger partial charge in [0.1, 0.15) is 5.01 Å². The Kier molecular flexibility index (Phi) is 4.26. The maximum Gasteiger partial charge on any atom is 0.307 e. The van der Waals surface area contributed by atoms with E-state index in [-0.39, 0.29) is 5.92 Å². The van der Waals surface area contributed by atoms with Gasteiger partial charge in [-0.05, 0) is 31.5 Å². The lowest BCUT2D eigenvalue weighted by molar-refractivity contribution is -0.143. The van der Waals surface area contributed by atoms with Gasteiger partial charge in [0.15, 0.2) is 0 Å². The Morgan fingerprint density at radius 3 is 3.00 bits per heavy atom. The van der Waals surface area contributed by atoms with Crippen LogP contribution in [0.2, 0.25) is 0 Å². The molecular formula is C15H17N3O2S. The van der Waals surface area contributed by atoms with E-state index < -0.39 is 5.97 Å². The van der Waals surface area contributed by atoms with E-state index in [4.69, 9.17) is 5.11 Å². The van der Waals surface area contributed by atoms with E-state index in [9.17, 15) is 4.79 Å². The molecule has 0 saturated carbocycles. The molecule has 0 aliphatic carbocycles. The van der Waals surface area contributed by atoms with Crippen LogP contribution < -0.4 is 0 Å². The minimum Gasteiger partial charge on any atom is -0.481 e. The largest absolute Gasteiger partial charge is 0.481 e. The van der Waals surface area contributed by atoms with Crippen molar-refractivity contribution in [3.8, 4) is 11.3 Å². The first kappa shape index (κ1) is 14.2. The van der Waals surface area contributed by atoms with Gasteiger partial charge in [0.05, 0.1) is 18.2 Å². The second kappa shape index (κ2) is 6.32. The molecule has 0 bridgehead atoms. The van der Waals surface area contributed by atoms with Gasteiger partial charge < -0.3 is 5.11 Å². The standard InChI is InChI=1S/C15H17N3O2S/c19-15(20)12-2-1-7-18(8-12)9-14-17-13(10-21-14)11-3-5-16-6-4-11/h3-6,10,12H,1-2,7-9H2,(H,19,20). The number of hydrogen-bond acceptors (Lipinski definition) is 5. The molecule has 1 unspecified atom stereocenters.